The molecule has 2 aromatic rings. The van der Waals surface area contributed by atoms with E-state index >= 15 is 0 Å². The van der Waals surface area contributed by atoms with Gasteiger partial charge in [-0.25, -0.2) is 9.89 Å². The molecule has 24 heavy (non-hydrogen) atoms. The zero-order chi connectivity index (χ0) is 16.5. The number of thioether (sulfide) groups is 1. The van der Waals surface area contributed by atoms with E-state index in [9.17, 15) is 9.59 Å². The number of carbonyl (C=O) groups is 1. The fourth-order valence-electron chi connectivity index (χ4n) is 2.50. The van der Waals surface area contributed by atoms with Crippen molar-refractivity contribution in [3.63, 3.8) is 0 Å². The number of fused-ring (bicyclic) bond motifs is 1. The minimum atomic E-state index is -0.216. The van der Waals surface area contributed by atoms with Crippen LogP contribution in [0.2, 0.25) is 0 Å². The third-order valence-corrected chi connectivity index (χ3v) is 4.70. The second kappa shape index (κ2) is 6.23. The summed E-state index contributed by atoms with van der Waals surface area (Å²) in [6, 6.07) is 5.51. The van der Waals surface area contributed by atoms with Crippen LogP contribution in [0.1, 0.15) is 18.9 Å². The Morgan fingerprint density at radius 2 is 2.12 bits per heavy atom. The van der Waals surface area contributed by atoms with Gasteiger partial charge in [0.05, 0.1) is 5.75 Å². The summed E-state index contributed by atoms with van der Waals surface area (Å²) in [5.41, 5.74) is 0.429. The number of hydrogen-bond donors (Lipinski definition) is 2. The third-order valence-electron chi connectivity index (χ3n) is 3.74. The summed E-state index contributed by atoms with van der Waals surface area (Å²) >= 11 is 1.24. The fraction of sp³-hybridized carbons (Fsp3) is 0.400. The van der Waals surface area contributed by atoms with Crippen molar-refractivity contribution in [1.82, 2.24) is 14.8 Å². The molecule has 0 bridgehead atoms. The number of aromatic amines is 1. The number of anilines is 1. The molecule has 0 spiro atoms. The third kappa shape index (κ3) is 3.12. The minimum absolute atomic E-state index is 0.172. The number of rotatable bonds is 5. The summed E-state index contributed by atoms with van der Waals surface area (Å²) in [5.74, 6) is 1.31. The van der Waals surface area contributed by atoms with E-state index in [-0.39, 0.29) is 23.4 Å². The van der Waals surface area contributed by atoms with Gasteiger partial charge in [0.25, 0.3) is 0 Å². The first kappa shape index (κ1) is 15.1. The lowest BCUT2D eigenvalue weighted by molar-refractivity contribution is -0.113. The van der Waals surface area contributed by atoms with Gasteiger partial charge in [-0.3, -0.25) is 9.36 Å². The van der Waals surface area contributed by atoms with E-state index in [0.717, 1.165) is 12.8 Å². The topological polar surface area (TPSA) is 98.2 Å². The first-order valence-corrected chi connectivity index (χ1v) is 8.68. The monoisotopic (exact) mass is 348 g/mol. The van der Waals surface area contributed by atoms with Crippen LogP contribution in [0.15, 0.2) is 28.2 Å². The van der Waals surface area contributed by atoms with Gasteiger partial charge in [0.2, 0.25) is 5.91 Å². The number of H-pyrrole nitrogens is 1. The Balaban J connectivity index is 1.38. The van der Waals surface area contributed by atoms with Crippen molar-refractivity contribution in [3.05, 3.63) is 28.7 Å². The van der Waals surface area contributed by atoms with Gasteiger partial charge in [0.1, 0.15) is 13.2 Å². The molecule has 0 saturated heterocycles. The van der Waals surface area contributed by atoms with Crippen molar-refractivity contribution in [2.45, 2.75) is 24.0 Å². The summed E-state index contributed by atoms with van der Waals surface area (Å²) in [6.45, 7) is 1.03. The second-order valence-corrected chi connectivity index (χ2v) is 6.55. The maximum atomic E-state index is 12.1. The van der Waals surface area contributed by atoms with E-state index in [0.29, 0.717) is 35.6 Å². The number of ether oxygens (including phenoxy) is 2. The van der Waals surface area contributed by atoms with Crippen LogP contribution in [0, 0.1) is 0 Å². The molecular formula is C15H16N4O4S. The Kier molecular flexibility index (Phi) is 3.93. The molecule has 0 atom stereocenters. The van der Waals surface area contributed by atoms with Crippen LogP contribution in [-0.4, -0.2) is 39.6 Å². The molecule has 1 aromatic carbocycles. The first-order valence-electron chi connectivity index (χ1n) is 7.70. The van der Waals surface area contributed by atoms with E-state index in [1.807, 2.05) is 0 Å². The second-order valence-electron chi connectivity index (χ2n) is 5.61. The zero-order valence-corrected chi connectivity index (χ0v) is 13.6. The smallest absolute Gasteiger partial charge is 0.344 e. The van der Waals surface area contributed by atoms with Crippen molar-refractivity contribution in [3.8, 4) is 11.5 Å². The van der Waals surface area contributed by atoms with Crippen LogP contribution in [0.25, 0.3) is 0 Å². The van der Waals surface area contributed by atoms with Crippen LogP contribution in [-0.2, 0) is 4.79 Å². The van der Waals surface area contributed by atoms with Gasteiger partial charge in [-0.1, -0.05) is 11.8 Å². The molecular weight excluding hydrogens is 332 g/mol. The van der Waals surface area contributed by atoms with Gasteiger partial charge in [-0.05, 0) is 25.0 Å². The van der Waals surface area contributed by atoms with E-state index in [1.54, 1.807) is 22.8 Å². The summed E-state index contributed by atoms with van der Waals surface area (Å²) in [7, 11) is 0. The number of carbonyl (C=O) groups excluding carboxylic acids is 1. The number of nitrogens with one attached hydrogen (secondary N) is 2. The highest BCUT2D eigenvalue weighted by Crippen LogP contribution is 2.36. The summed E-state index contributed by atoms with van der Waals surface area (Å²) in [6.07, 6.45) is 1.97. The highest BCUT2D eigenvalue weighted by Gasteiger charge is 2.28. The molecule has 1 amide bonds. The van der Waals surface area contributed by atoms with Crippen LogP contribution in [0.4, 0.5) is 5.69 Å². The van der Waals surface area contributed by atoms with Crippen LogP contribution >= 0.6 is 11.8 Å². The van der Waals surface area contributed by atoms with E-state index in [4.69, 9.17) is 9.47 Å². The van der Waals surface area contributed by atoms with E-state index in [1.165, 1.54) is 11.8 Å². The number of nitrogens with zero attached hydrogens (tertiary/aromatic N) is 2. The predicted molar refractivity (Wildman–Crippen MR) is 87.9 cm³/mol. The van der Waals surface area contributed by atoms with Gasteiger partial charge in [-0.2, -0.15) is 0 Å². The Morgan fingerprint density at radius 1 is 1.33 bits per heavy atom. The highest BCUT2D eigenvalue weighted by molar-refractivity contribution is 7.99. The van der Waals surface area contributed by atoms with Gasteiger partial charge < -0.3 is 14.8 Å². The molecule has 1 fully saturated rings. The molecule has 2 heterocycles. The van der Waals surface area contributed by atoms with Crippen molar-refractivity contribution in [2.24, 2.45) is 0 Å². The molecule has 1 aliphatic carbocycles. The van der Waals surface area contributed by atoms with Crippen LogP contribution in [0.5, 0.6) is 11.5 Å². The highest BCUT2D eigenvalue weighted by atomic mass is 32.2. The number of hydrogen-bond acceptors (Lipinski definition) is 6. The molecule has 0 radical (unpaired) electrons. The Morgan fingerprint density at radius 3 is 2.92 bits per heavy atom. The fourth-order valence-corrected chi connectivity index (χ4v) is 3.31. The largest absolute Gasteiger partial charge is 0.486 e. The van der Waals surface area contributed by atoms with Crippen LogP contribution < -0.4 is 20.5 Å². The number of amides is 1. The van der Waals surface area contributed by atoms with Crippen molar-refractivity contribution in [1.29, 1.82) is 0 Å². The lowest BCUT2D eigenvalue weighted by Gasteiger charge is -2.18. The summed E-state index contributed by atoms with van der Waals surface area (Å²) in [5, 5.41) is 9.79. The average Bonchev–Trinajstić information content (AvgIpc) is 3.36. The van der Waals surface area contributed by atoms with Gasteiger partial charge >= 0.3 is 5.69 Å². The summed E-state index contributed by atoms with van der Waals surface area (Å²) < 4.78 is 12.6. The Bertz CT molecular complexity index is 827. The molecule has 4 rings (SSSR count). The normalized spacial score (nSPS) is 16.0. The summed E-state index contributed by atoms with van der Waals surface area (Å²) in [4.78, 5) is 23.8. The van der Waals surface area contributed by atoms with Gasteiger partial charge in [-0.15, -0.1) is 5.10 Å². The van der Waals surface area contributed by atoms with E-state index in [2.05, 4.69) is 15.5 Å². The molecule has 2 aliphatic rings. The van der Waals surface area contributed by atoms with Gasteiger partial charge in [0.15, 0.2) is 16.7 Å². The number of benzene rings is 1. The van der Waals surface area contributed by atoms with Crippen LogP contribution in [0.3, 0.4) is 0 Å². The molecule has 126 valence electrons. The number of aromatic nitrogens is 3. The average molecular weight is 348 g/mol. The predicted octanol–water partition coefficient (Wildman–Crippen LogP) is 1.41. The van der Waals surface area contributed by atoms with Gasteiger partial charge in [0, 0.05) is 17.8 Å². The first-order chi connectivity index (χ1) is 11.7. The van der Waals surface area contributed by atoms with Crippen molar-refractivity contribution >= 4 is 23.4 Å². The molecule has 9 heteroatoms. The maximum Gasteiger partial charge on any atom is 0.344 e. The van der Waals surface area contributed by atoms with Crippen molar-refractivity contribution < 1.29 is 14.3 Å². The molecule has 8 nitrogen and oxygen atoms in total. The SMILES string of the molecule is O=C(CSc1n[nH]c(=O)n1C1CC1)Nc1ccc2c(c1)OCCO2. The lowest BCUT2D eigenvalue weighted by atomic mass is 10.2. The molecule has 1 aromatic heterocycles. The molecule has 1 aliphatic heterocycles. The quantitative estimate of drug-likeness (QED) is 0.793. The standard InChI is InChI=1S/C15H16N4O4S/c20-13(8-24-15-18-17-14(21)19(15)10-2-3-10)16-9-1-4-11-12(7-9)23-6-5-22-11/h1,4,7,10H,2-3,5-6,8H2,(H,16,20)(H,17,21). The Labute approximate surface area is 141 Å². The lowest BCUT2D eigenvalue weighted by Crippen LogP contribution is -2.18. The minimum Gasteiger partial charge on any atom is -0.486 e. The van der Waals surface area contributed by atoms with Crippen molar-refractivity contribution in [2.75, 3.05) is 24.3 Å². The Hall–Kier alpha value is -2.42. The van der Waals surface area contributed by atoms with E-state index < -0.39 is 0 Å². The maximum absolute atomic E-state index is 12.1. The molecule has 2 N–H and O–H groups in total. The zero-order valence-electron chi connectivity index (χ0n) is 12.8. The molecule has 0 unspecified atom stereocenters. The molecule has 1 saturated carbocycles.